The number of para-hydroxylation sites is 2. The Hall–Kier alpha value is -4.82. The first-order chi connectivity index (χ1) is 15.6. The number of aryl methyl sites for hydroxylation is 1. The van der Waals surface area contributed by atoms with Crippen LogP contribution in [0.1, 0.15) is 16.7 Å². The third kappa shape index (κ3) is 11.9. The molecule has 0 atom stereocenters. The van der Waals surface area contributed by atoms with E-state index < -0.39 is 0 Å². The average molecular weight is 428 g/mol. The van der Waals surface area contributed by atoms with Crippen LogP contribution in [0, 0.1) is 17.7 Å². The van der Waals surface area contributed by atoms with Crippen LogP contribution in [-0.4, -0.2) is 24.3 Å². The Balaban J connectivity index is 0.000000606. The van der Waals surface area contributed by atoms with Gasteiger partial charge in [-0.15, -0.1) is 0 Å². The van der Waals surface area contributed by atoms with Crippen LogP contribution < -0.4 is 0 Å². The van der Waals surface area contributed by atoms with Gasteiger partial charge >= 0.3 is 0 Å². The summed E-state index contributed by atoms with van der Waals surface area (Å²) in [6, 6.07) is 24.8. The molecule has 0 bridgehead atoms. The highest BCUT2D eigenvalue weighted by molar-refractivity contribution is 5.59. The van der Waals surface area contributed by atoms with Crippen LogP contribution >= 0.6 is 0 Å². The molecule has 3 rings (SSSR count). The van der Waals surface area contributed by atoms with Gasteiger partial charge < -0.3 is 0 Å². The summed E-state index contributed by atoms with van der Waals surface area (Å²) in [6.45, 7) is 2.08. The average Bonchev–Trinajstić information content (AvgIpc) is 2.79. The lowest BCUT2D eigenvalue weighted by molar-refractivity contribution is 0.562. The highest BCUT2D eigenvalue weighted by atomic mass is 16.1. The molecule has 8 heteroatoms. The van der Waals surface area contributed by atoms with Crippen molar-refractivity contribution in [3.8, 4) is 0 Å². The standard InChI is InChI=1S/C15H10N2O2.C7H8.2CHNO/c18-10-16-14-7-3-1-5-12(14)9-13-6-2-4-8-15(13)17-11-19;1-7-5-3-2-4-6-7;2*2-1-3/h1-8H,9H2;2-6H,1H3;2*2H. The van der Waals surface area contributed by atoms with E-state index in [0.29, 0.717) is 17.8 Å². The Morgan fingerprint density at radius 2 is 0.969 bits per heavy atom. The molecule has 0 amide bonds. The van der Waals surface area contributed by atoms with Gasteiger partial charge in [0.1, 0.15) is 0 Å². The molecule has 2 N–H and O–H groups in total. The van der Waals surface area contributed by atoms with E-state index in [-0.39, 0.29) is 0 Å². The van der Waals surface area contributed by atoms with Gasteiger partial charge in [-0.2, -0.15) is 9.98 Å². The molecule has 160 valence electrons. The number of nitrogens with zero attached hydrogens (tertiary/aromatic N) is 2. The van der Waals surface area contributed by atoms with Crippen molar-refractivity contribution in [2.75, 3.05) is 0 Å². The second-order valence-corrected chi connectivity index (χ2v) is 5.70. The summed E-state index contributed by atoms with van der Waals surface area (Å²) in [5.41, 5.74) is 4.21. The molecule has 0 unspecified atom stereocenters. The molecule has 0 spiro atoms. The number of rotatable bonds is 4. The first-order valence-electron chi connectivity index (χ1n) is 8.98. The van der Waals surface area contributed by atoms with E-state index in [0.717, 1.165) is 23.3 Å². The maximum atomic E-state index is 10.4. The highest BCUT2D eigenvalue weighted by Gasteiger charge is 2.05. The number of aliphatic imine (C=N–C) groups is 2. The predicted molar refractivity (Wildman–Crippen MR) is 119 cm³/mol. The number of hydrogen-bond donors (Lipinski definition) is 2. The summed E-state index contributed by atoms with van der Waals surface area (Å²) in [4.78, 5) is 44.8. The summed E-state index contributed by atoms with van der Waals surface area (Å²) < 4.78 is 0. The van der Waals surface area contributed by atoms with Crippen molar-refractivity contribution in [3.63, 3.8) is 0 Å². The van der Waals surface area contributed by atoms with Crippen LogP contribution in [0.15, 0.2) is 88.8 Å². The van der Waals surface area contributed by atoms with E-state index in [2.05, 4.69) is 29.0 Å². The third-order valence-corrected chi connectivity index (χ3v) is 3.64. The summed E-state index contributed by atoms with van der Waals surface area (Å²) in [5, 5.41) is 10.8. The van der Waals surface area contributed by atoms with E-state index in [1.54, 1.807) is 24.3 Å². The number of carbonyl (C=O) groups excluding carboxylic acids is 4. The monoisotopic (exact) mass is 428 g/mol. The van der Waals surface area contributed by atoms with Gasteiger partial charge in [0.15, 0.2) is 0 Å². The molecule has 8 nitrogen and oxygen atoms in total. The fourth-order valence-electron chi connectivity index (χ4n) is 2.38. The minimum absolute atomic E-state index is 0.530. The molecule has 0 fully saturated rings. The van der Waals surface area contributed by atoms with Crippen molar-refractivity contribution in [2.45, 2.75) is 13.3 Å². The van der Waals surface area contributed by atoms with Gasteiger partial charge in [-0.1, -0.05) is 72.3 Å². The normalized spacial score (nSPS) is 7.91. The highest BCUT2D eigenvalue weighted by Crippen LogP contribution is 2.26. The number of hydrogen-bond acceptors (Lipinski definition) is 8. The van der Waals surface area contributed by atoms with E-state index in [1.165, 1.54) is 17.7 Å². The quantitative estimate of drug-likeness (QED) is 0.445. The molecule has 3 aromatic rings. The maximum absolute atomic E-state index is 10.4. The molecule has 0 aliphatic carbocycles. The molecule has 3 aromatic carbocycles. The van der Waals surface area contributed by atoms with E-state index in [4.69, 9.17) is 20.4 Å². The van der Waals surface area contributed by atoms with Crippen molar-refractivity contribution in [2.24, 2.45) is 9.98 Å². The first kappa shape index (κ1) is 27.2. The minimum atomic E-state index is 0.530. The largest absolute Gasteiger partial charge is 0.240 e. The molecule has 0 saturated carbocycles. The summed E-state index contributed by atoms with van der Waals surface area (Å²) >= 11 is 0. The van der Waals surface area contributed by atoms with Gasteiger partial charge in [-0.25, -0.2) is 30.0 Å². The third-order valence-electron chi connectivity index (χ3n) is 3.64. The zero-order valence-electron chi connectivity index (χ0n) is 17.2. The van der Waals surface area contributed by atoms with Crippen molar-refractivity contribution < 1.29 is 19.2 Å². The topological polar surface area (TPSA) is 141 Å². The van der Waals surface area contributed by atoms with Gasteiger partial charge in [-0.3, -0.25) is 0 Å². The van der Waals surface area contributed by atoms with Gasteiger partial charge in [0.05, 0.1) is 11.4 Å². The second kappa shape index (κ2) is 18.2. The fraction of sp³-hybridized carbons (Fsp3) is 0.0833. The van der Waals surface area contributed by atoms with Crippen LogP contribution in [-0.2, 0) is 25.6 Å². The van der Waals surface area contributed by atoms with E-state index >= 15 is 0 Å². The summed E-state index contributed by atoms with van der Waals surface area (Å²) in [7, 11) is 0. The van der Waals surface area contributed by atoms with Crippen molar-refractivity contribution in [1.29, 1.82) is 10.8 Å². The van der Waals surface area contributed by atoms with Gasteiger partial charge in [0.2, 0.25) is 24.3 Å². The maximum Gasteiger partial charge on any atom is 0.240 e. The van der Waals surface area contributed by atoms with Crippen LogP contribution in [0.25, 0.3) is 0 Å². The molecular formula is C24H20N4O4. The lowest BCUT2D eigenvalue weighted by atomic mass is 10.0. The fourth-order valence-corrected chi connectivity index (χ4v) is 2.38. The molecule has 0 radical (unpaired) electrons. The second-order valence-electron chi connectivity index (χ2n) is 5.70. The lowest BCUT2D eigenvalue weighted by Gasteiger charge is -2.06. The first-order valence-corrected chi connectivity index (χ1v) is 8.98. The van der Waals surface area contributed by atoms with Crippen LogP contribution in [0.3, 0.4) is 0 Å². The Kier molecular flexibility index (Phi) is 15.5. The molecule has 0 aromatic heterocycles. The van der Waals surface area contributed by atoms with Crippen LogP contribution in [0.5, 0.6) is 0 Å². The van der Waals surface area contributed by atoms with Crippen molar-refractivity contribution >= 4 is 35.7 Å². The summed E-state index contributed by atoms with van der Waals surface area (Å²) in [6.07, 6.45) is 5.11. The molecule has 0 heterocycles. The zero-order chi connectivity index (χ0) is 24.0. The molecule has 32 heavy (non-hydrogen) atoms. The molecule has 0 aliphatic rings. The zero-order valence-corrected chi connectivity index (χ0v) is 17.2. The number of benzene rings is 3. The van der Waals surface area contributed by atoms with Crippen molar-refractivity contribution in [3.05, 3.63) is 95.6 Å². The SMILES string of the molecule is Cc1ccccc1.N=C=O.N=C=O.O=C=Nc1ccccc1Cc1ccccc1N=C=O. The minimum Gasteiger partial charge on any atom is -0.222 e. The lowest BCUT2D eigenvalue weighted by Crippen LogP contribution is -1.89. The van der Waals surface area contributed by atoms with Crippen LogP contribution in [0.2, 0.25) is 0 Å². The van der Waals surface area contributed by atoms with Gasteiger partial charge in [0, 0.05) is 6.42 Å². The predicted octanol–water partition coefficient (Wildman–Crippen LogP) is 5.01. The number of nitrogens with one attached hydrogen (secondary N) is 2. The van der Waals surface area contributed by atoms with E-state index in [1.807, 2.05) is 42.5 Å². The smallest absolute Gasteiger partial charge is 0.222 e. The molecule has 0 saturated heterocycles. The Bertz CT molecular complexity index is 1050. The Morgan fingerprint density at radius 1 is 0.625 bits per heavy atom. The van der Waals surface area contributed by atoms with Gasteiger partial charge in [-0.05, 0) is 30.2 Å². The van der Waals surface area contributed by atoms with Gasteiger partial charge in [0.25, 0.3) is 0 Å². The van der Waals surface area contributed by atoms with Crippen molar-refractivity contribution in [1.82, 2.24) is 0 Å². The molecule has 0 aliphatic heterocycles. The molecular weight excluding hydrogens is 408 g/mol. The summed E-state index contributed by atoms with van der Waals surface area (Å²) in [5.74, 6) is 0. The Labute approximate surface area is 185 Å². The van der Waals surface area contributed by atoms with Crippen LogP contribution in [0.4, 0.5) is 11.4 Å². The Morgan fingerprint density at radius 3 is 1.28 bits per heavy atom. The van der Waals surface area contributed by atoms with E-state index in [9.17, 15) is 9.59 Å². The number of isocyanates is 4.